The topological polar surface area (TPSA) is 121 Å². The number of amides is 2. The summed E-state index contributed by atoms with van der Waals surface area (Å²) in [7, 11) is -3.96. The molecule has 0 saturated heterocycles. The number of aryl methyl sites for hydroxylation is 1. The number of hydrogen-bond donors (Lipinski definition) is 2. The van der Waals surface area contributed by atoms with Crippen LogP contribution in [0.3, 0.4) is 0 Å². The van der Waals surface area contributed by atoms with E-state index in [0.29, 0.717) is 11.4 Å². The molecule has 174 valence electrons. The second-order valence-electron chi connectivity index (χ2n) is 6.98. The van der Waals surface area contributed by atoms with Gasteiger partial charge in [-0.15, -0.1) is 0 Å². The van der Waals surface area contributed by atoms with Gasteiger partial charge in [-0.25, -0.2) is 28.0 Å². The van der Waals surface area contributed by atoms with Gasteiger partial charge in [0.05, 0.1) is 20.6 Å². The van der Waals surface area contributed by atoms with Crippen LogP contribution in [0.1, 0.15) is 5.69 Å². The summed E-state index contributed by atoms with van der Waals surface area (Å²) in [6.45, 7) is 1.70. The Morgan fingerprint density at radius 2 is 1.65 bits per heavy atom. The molecule has 0 aliphatic carbocycles. The van der Waals surface area contributed by atoms with Gasteiger partial charge in [0.15, 0.2) is 0 Å². The Labute approximate surface area is 209 Å². The maximum absolute atomic E-state index is 12.9. The third-order valence-electron chi connectivity index (χ3n) is 4.65. The second-order valence-corrected chi connectivity index (χ2v) is 9.83. The molecule has 1 aromatic heterocycles. The van der Waals surface area contributed by atoms with Crippen LogP contribution < -0.4 is 14.9 Å². The molecular formula is C21H14Cl3N5O4S. The fourth-order valence-electron chi connectivity index (χ4n) is 3.03. The molecule has 0 atom stereocenters. The number of hydrogen-bond acceptors (Lipinski definition) is 7. The molecule has 0 fully saturated rings. The molecule has 2 heterocycles. The summed E-state index contributed by atoms with van der Waals surface area (Å²) in [5.74, 6) is -1.58. The van der Waals surface area contributed by atoms with Crippen molar-refractivity contribution in [3.05, 3.63) is 81.2 Å². The minimum Gasteiger partial charge on any atom is -0.350 e. The van der Waals surface area contributed by atoms with Crippen molar-refractivity contribution >= 4 is 74.0 Å². The molecule has 3 aromatic rings. The lowest BCUT2D eigenvalue weighted by atomic mass is 10.3. The van der Waals surface area contributed by atoms with Crippen molar-refractivity contribution < 1.29 is 18.0 Å². The number of sulfonamides is 1. The van der Waals surface area contributed by atoms with Crippen LogP contribution >= 0.6 is 34.8 Å². The van der Waals surface area contributed by atoms with Gasteiger partial charge >= 0.3 is 0 Å². The number of carbonyl (C=O) groups excluding carboxylic acids is 2. The standard InChI is InChI=1S/C21H14Cl3N5O4S/c1-11-9-10-25-21(26-11)28-34(32,33)13-7-5-12(6-8-13)27-18-17(24)19(30)29(20(18)31)15-4-2-3-14(22)16(15)23/h2-10,27H,1H3,(H,25,26,28). The maximum Gasteiger partial charge on any atom is 0.283 e. The molecule has 0 unspecified atom stereocenters. The predicted molar refractivity (Wildman–Crippen MR) is 129 cm³/mol. The highest BCUT2D eigenvalue weighted by atomic mass is 35.5. The Bertz CT molecular complexity index is 1460. The summed E-state index contributed by atoms with van der Waals surface area (Å²) >= 11 is 18.3. The van der Waals surface area contributed by atoms with E-state index in [-0.39, 0.29) is 37.3 Å². The number of anilines is 3. The number of aromatic nitrogens is 2. The number of imide groups is 1. The molecule has 13 heteroatoms. The van der Waals surface area contributed by atoms with Crippen LogP contribution in [0.25, 0.3) is 0 Å². The zero-order valence-corrected chi connectivity index (χ0v) is 20.3. The fourth-order valence-corrected chi connectivity index (χ4v) is 4.58. The van der Waals surface area contributed by atoms with Crippen molar-refractivity contribution in [1.29, 1.82) is 0 Å². The van der Waals surface area contributed by atoms with Crippen LogP contribution in [0.15, 0.2) is 70.4 Å². The molecule has 1 aliphatic heterocycles. The number of nitrogens with one attached hydrogen (secondary N) is 2. The van der Waals surface area contributed by atoms with Crippen LogP contribution in [-0.2, 0) is 19.6 Å². The molecule has 4 rings (SSSR count). The van der Waals surface area contributed by atoms with Crippen molar-refractivity contribution in [3.8, 4) is 0 Å². The molecule has 2 aromatic carbocycles. The van der Waals surface area contributed by atoms with Gasteiger partial charge in [-0.05, 0) is 49.4 Å². The molecule has 9 nitrogen and oxygen atoms in total. The van der Waals surface area contributed by atoms with Crippen molar-refractivity contribution in [2.75, 3.05) is 14.9 Å². The van der Waals surface area contributed by atoms with Gasteiger partial charge in [-0.2, -0.15) is 0 Å². The maximum atomic E-state index is 12.9. The van der Waals surface area contributed by atoms with Crippen molar-refractivity contribution in [2.24, 2.45) is 0 Å². The minimum absolute atomic E-state index is 0.0243. The average molecular weight is 539 g/mol. The zero-order valence-electron chi connectivity index (χ0n) is 17.2. The molecule has 1 aliphatic rings. The highest BCUT2D eigenvalue weighted by Crippen LogP contribution is 2.37. The summed E-state index contributed by atoms with van der Waals surface area (Å²) in [5, 5.41) is 2.60. The van der Waals surface area contributed by atoms with Gasteiger partial charge in [-0.1, -0.05) is 40.9 Å². The molecule has 0 spiro atoms. The molecule has 2 amide bonds. The first-order chi connectivity index (χ1) is 16.1. The summed E-state index contributed by atoms with van der Waals surface area (Å²) in [4.78, 5) is 34.2. The van der Waals surface area contributed by atoms with Crippen LogP contribution in [0.2, 0.25) is 10.0 Å². The fraction of sp³-hybridized carbons (Fsp3) is 0.0476. The van der Waals surface area contributed by atoms with Crippen LogP contribution in [0, 0.1) is 6.92 Å². The van der Waals surface area contributed by atoms with Crippen molar-refractivity contribution in [3.63, 3.8) is 0 Å². The van der Waals surface area contributed by atoms with Crippen molar-refractivity contribution in [1.82, 2.24) is 9.97 Å². The van der Waals surface area contributed by atoms with E-state index in [0.717, 1.165) is 4.90 Å². The lowest BCUT2D eigenvalue weighted by Crippen LogP contribution is -2.32. The highest BCUT2D eigenvalue weighted by Gasteiger charge is 2.40. The third kappa shape index (κ3) is 4.58. The number of carbonyl (C=O) groups is 2. The molecule has 34 heavy (non-hydrogen) atoms. The van der Waals surface area contributed by atoms with E-state index < -0.39 is 21.8 Å². The molecule has 2 N–H and O–H groups in total. The smallest absolute Gasteiger partial charge is 0.283 e. The first kappa shape index (κ1) is 24.0. The Balaban J connectivity index is 1.54. The number of halogens is 3. The van der Waals surface area contributed by atoms with E-state index in [4.69, 9.17) is 34.8 Å². The molecule has 0 saturated carbocycles. The number of nitrogens with zero attached hydrogens (tertiary/aromatic N) is 3. The Morgan fingerprint density at radius 1 is 0.941 bits per heavy atom. The lowest BCUT2D eigenvalue weighted by Gasteiger charge is -2.17. The summed E-state index contributed by atoms with van der Waals surface area (Å²) < 4.78 is 27.5. The number of rotatable bonds is 6. The molecule has 0 bridgehead atoms. The van der Waals surface area contributed by atoms with Gasteiger partial charge in [-0.3, -0.25) is 9.59 Å². The average Bonchev–Trinajstić information content (AvgIpc) is 2.99. The van der Waals surface area contributed by atoms with Crippen LogP contribution in [0.5, 0.6) is 0 Å². The van der Waals surface area contributed by atoms with E-state index in [1.165, 1.54) is 42.6 Å². The van der Waals surface area contributed by atoms with Gasteiger partial charge in [0.2, 0.25) is 5.95 Å². The largest absolute Gasteiger partial charge is 0.350 e. The monoisotopic (exact) mass is 537 g/mol. The predicted octanol–water partition coefficient (Wildman–Crippen LogP) is 4.33. The van der Waals surface area contributed by atoms with Crippen molar-refractivity contribution in [2.45, 2.75) is 11.8 Å². The highest BCUT2D eigenvalue weighted by molar-refractivity contribution is 7.92. The summed E-state index contributed by atoms with van der Waals surface area (Å²) in [6, 6.07) is 11.6. The summed E-state index contributed by atoms with van der Waals surface area (Å²) in [5.41, 5.74) is 0.815. The summed E-state index contributed by atoms with van der Waals surface area (Å²) in [6.07, 6.45) is 1.43. The Morgan fingerprint density at radius 3 is 2.32 bits per heavy atom. The van der Waals surface area contributed by atoms with E-state index in [9.17, 15) is 18.0 Å². The van der Waals surface area contributed by atoms with E-state index >= 15 is 0 Å². The SMILES string of the molecule is Cc1ccnc(NS(=O)(=O)c2ccc(NC3=C(Cl)C(=O)N(c4cccc(Cl)c4Cl)C3=O)cc2)n1. The minimum atomic E-state index is -3.96. The zero-order chi connectivity index (χ0) is 24.6. The third-order valence-corrected chi connectivity index (χ3v) is 7.16. The molecular weight excluding hydrogens is 525 g/mol. The van der Waals surface area contributed by atoms with Gasteiger partial charge < -0.3 is 5.32 Å². The van der Waals surface area contributed by atoms with E-state index in [2.05, 4.69) is 20.0 Å². The van der Waals surface area contributed by atoms with Crippen LogP contribution in [-0.4, -0.2) is 30.2 Å². The van der Waals surface area contributed by atoms with Crippen LogP contribution in [0.4, 0.5) is 17.3 Å². The van der Waals surface area contributed by atoms with E-state index in [1.54, 1.807) is 19.1 Å². The molecule has 0 radical (unpaired) electrons. The first-order valence-corrected chi connectivity index (χ1v) is 12.1. The van der Waals surface area contributed by atoms with Gasteiger partial charge in [0.1, 0.15) is 10.7 Å². The number of benzene rings is 2. The van der Waals surface area contributed by atoms with E-state index in [1.807, 2.05) is 0 Å². The quantitative estimate of drug-likeness (QED) is 0.448. The Hall–Kier alpha value is -3.18. The second kappa shape index (κ2) is 9.22. The van der Waals surface area contributed by atoms with Gasteiger partial charge in [0.25, 0.3) is 21.8 Å². The normalized spacial score (nSPS) is 14.1. The first-order valence-electron chi connectivity index (χ1n) is 9.50. The lowest BCUT2D eigenvalue weighted by molar-refractivity contribution is -0.120. The van der Waals surface area contributed by atoms with Gasteiger partial charge in [0, 0.05) is 17.6 Å². The Kier molecular flexibility index (Phi) is 6.50.